The number of nitrogens with one attached hydrogen (secondary N) is 1. The maximum atomic E-state index is 13.0. The first-order valence-corrected chi connectivity index (χ1v) is 10.7. The van der Waals surface area contributed by atoms with Gasteiger partial charge in [0.05, 0.1) is 11.3 Å². The highest BCUT2D eigenvalue weighted by Crippen LogP contribution is 2.34. The van der Waals surface area contributed by atoms with E-state index in [1.807, 2.05) is 6.07 Å². The van der Waals surface area contributed by atoms with Gasteiger partial charge in [-0.1, -0.05) is 6.07 Å². The smallest absolute Gasteiger partial charge is 0.416 e. The third-order valence-electron chi connectivity index (χ3n) is 5.89. The van der Waals surface area contributed by atoms with E-state index < -0.39 is 17.6 Å². The van der Waals surface area contributed by atoms with E-state index in [0.29, 0.717) is 24.1 Å². The van der Waals surface area contributed by atoms with Crippen molar-refractivity contribution in [1.82, 2.24) is 14.7 Å². The van der Waals surface area contributed by atoms with Crippen molar-refractivity contribution in [3.8, 4) is 17.0 Å². The van der Waals surface area contributed by atoms with Crippen molar-refractivity contribution in [2.24, 2.45) is 7.05 Å². The van der Waals surface area contributed by atoms with E-state index in [0.717, 1.165) is 42.8 Å². The monoisotopic (exact) mass is 458 g/mol. The van der Waals surface area contributed by atoms with Crippen LogP contribution in [0.25, 0.3) is 11.3 Å². The van der Waals surface area contributed by atoms with Crippen molar-refractivity contribution in [2.45, 2.75) is 25.1 Å². The fourth-order valence-corrected chi connectivity index (χ4v) is 3.99. The summed E-state index contributed by atoms with van der Waals surface area (Å²) in [7, 11) is 3.88. The van der Waals surface area contributed by atoms with E-state index in [9.17, 15) is 18.0 Å². The third-order valence-corrected chi connectivity index (χ3v) is 5.89. The maximum absolute atomic E-state index is 13.0. The minimum absolute atomic E-state index is 0.0727. The second-order valence-corrected chi connectivity index (χ2v) is 8.17. The molecule has 1 aliphatic rings. The second-order valence-electron chi connectivity index (χ2n) is 8.17. The fraction of sp³-hybridized carbons (Fsp3) is 0.333. The van der Waals surface area contributed by atoms with E-state index in [2.05, 4.69) is 22.4 Å². The molecule has 1 aliphatic heterocycles. The molecule has 0 unspecified atom stereocenters. The van der Waals surface area contributed by atoms with Crippen molar-refractivity contribution < 1.29 is 22.7 Å². The first-order chi connectivity index (χ1) is 15.7. The zero-order valence-electron chi connectivity index (χ0n) is 18.4. The van der Waals surface area contributed by atoms with Crippen LogP contribution < -0.4 is 10.1 Å². The number of likely N-dealkylation sites (tertiary alicyclic amines) is 1. The number of ether oxygens (including phenoxy) is 1. The zero-order valence-corrected chi connectivity index (χ0v) is 18.4. The van der Waals surface area contributed by atoms with Crippen LogP contribution in [0.2, 0.25) is 0 Å². The van der Waals surface area contributed by atoms with Crippen molar-refractivity contribution in [1.29, 1.82) is 0 Å². The standard InChI is InChI=1S/C24H25F3N4O2/c1-30-12-4-7-19(30)15-33-22-9-8-18(14-20(22)21-10-11-28-31(21)2)29-23(32)16-5-3-6-17(13-16)24(25,26)27/h3,5-6,8-11,13-14,19H,4,7,12,15H2,1-2H3,(H,29,32)/t19-/m0/s1. The molecular weight excluding hydrogens is 433 g/mol. The topological polar surface area (TPSA) is 59.4 Å². The van der Waals surface area contributed by atoms with Crippen molar-refractivity contribution >= 4 is 11.6 Å². The molecule has 1 amide bonds. The van der Waals surface area contributed by atoms with Crippen LogP contribution in [0, 0.1) is 0 Å². The molecule has 1 saturated heterocycles. The molecule has 1 fully saturated rings. The number of aromatic nitrogens is 2. The largest absolute Gasteiger partial charge is 0.491 e. The molecule has 4 rings (SSSR count). The molecule has 6 nitrogen and oxygen atoms in total. The summed E-state index contributed by atoms with van der Waals surface area (Å²) in [6.07, 6.45) is -0.643. The van der Waals surface area contributed by atoms with Gasteiger partial charge in [0.25, 0.3) is 5.91 Å². The van der Waals surface area contributed by atoms with Crippen LogP contribution in [0.4, 0.5) is 18.9 Å². The van der Waals surface area contributed by atoms with Gasteiger partial charge in [0.1, 0.15) is 12.4 Å². The Balaban J connectivity index is 1.58. The van der Waals surface area contributed by atoms with Gasteiger partial charge in [-0.15, -0.1) is 0 Å². The zero-order chi connectivity index (χ0) is 23.6. The number of likely N-dealkylation sites (N-methyl/N-ethyl adjacent to an activating group) is 1. The first-order valence-electron chi connectivity index (χ1n) is 10.7. The highest BCUT2D eigenvalue weighted by molar-refractivity contribution is 6.04. The Kier molecular flexibility index (Phi) is 6.42. The van der Waals surface area contributed by atoms with Gasteiger partial charge in [-0.2, -0.15) is 18.3 Å². The van der Waals surface area contributed by atoms with Gasteiger partial charge >= 0.3 is 6.18 Å². The number of alkyl halides is 3. The Morgan fingerprint density at radius 2 is 2.00 bits per heavy atom. The molecule has 1 aromatic heterocycles. The maximum Gasteiger partial charge on any atom is 0.416 e. The Labute approximate surface area is 190 Å². The van der Waals surface area contributed by atoms with Crippen molar-refractivity contribution in [2.75, 3.05) is 25.5 Å². The van der Waals surface area contributed by atoms with Crippen molar-refractivity contribution in [3.63, 3.8) is 0 Å². The summed E-state index contributed by atoms with van der Waals surface area (Å²) in [4.78, 5) is 14.9. The first kappa shape index (κ1) is 22.8. The molecule has 0 radical (unpaired) electrons. The summed E-state index contributed by atoms with van der Waals surface area (Å²) < 4.78 is 46.9. The average molecular weight is 458 g/mol. The minimum atomic E-state index is -4.52. The van der Waals surface area contributed by atoms with Crippen LogP contribution >= 0.6 is 0 Å². The molecule has 2 aromatic carbocycles. The summed E-state index contributed by atoms with van der Waals surface area (Å²) >= 11 is 0. The highest BCUT2D eigenvalue weighted by Gasteiger charge is 2.31. The number of rotatable bonds is 6. The summed E-state index contributed by atoms with van der Waals surface area (Å²) in [5.74, 6) is 0.0225. The Morgan fingerprint density at radius 1 is 1.18 bits per heavy atom. The van der Waals surface area contributed by atoms with Crippen molar-refractivity contribution in [3.05, 3.63) is 65.9 Å². The molecule has 1 atom stereocenters. The molecule has 33 heavy (non-hydrogen) atoms. The van der Waals surface area contributed by atoms with Crippen LogP contribution in [0.5, 0.6) is 5.75 Å². The molecule has 3 aromatic rings. The molecule has 0 saturated carbocycles. The lowest BCUT2D eigenvalue weighted by molar-refractivity contribution is -0.137. The van der Waals surface area contributed by atoms with Crippen LogP contribution in [0.1, 0.15) is 28.8 Å². The van der Waals surface area contributed by atoms with Gasteiger partial charge in [0.15, 0.2) is 0 Å². The average Bonchev–Trinajstić information content (AvgIpc) is 3.40. The van der Waals surface area contributed by atoms with E-state index in [1.54, 1.807) is 36.1 Å². The summed E-state index contributed by atoms with van der Waals surface area (Å²) in [6.45, 7) is 1.58. The SMILES string of the molecule is CN1CCC[C@H]1COc1ccc(NC(=O)c2cccc(C(F)(F)F)c2)cc1-c1ccnn1C. The summed E-state index contributed by atoms with van der Waals surface area (Å²) in [5, 5.41) is 6.90. The van der Waals surface area contributed by atoms with Gasteiger partial charge in [0, 0.05) is 36.1 Å². The Morgan fingerprint density at radius 3 is 2.67 bits per heavy atom. The Hall–Kier alpha value is -3.33. The summed E-state index contributed by atoms with van der Waals surface area (Å²) in [5.41, 5.74) is 1.03. The Bertz CT molecular complexity index is 1140. The summed E-state index contributed by atoms with van der Waals surface area (Å²) in [6, 6.07) is 11.7. The highest BCUT2D eigenvalue weighted by atomic mass is 19.4. The number of carbonyl (C=O) groups excluding carboxylic acids is 1. The van der Waals surface area contributed by atoms with Crippen LogP contribution in [-0.2, 0) is 13.2 Å². The lowest BCUT2D eigenvalue weighted by Crippen LogP contribution is -2.30. The predicted octanol–water partition coefficient (Wildman–Crippen LogP) is 4.83. The van der Waals surface area contributed by atoms with Gasteiger partial charge in [-0.05, 0) is 68.9 Å². The quantitative estimate of drug-likeness (QED) is 0.575. The van der Waals surface area contributed by atoms with Gasteiger partial charge < -0.3 is 15.0 Å². The number of carbonyl (C=O) groups is 1. The number of hydrogen-bond acceptors (Lipinski definition) is 4. The predicted molar refractivity (Wildman–Crippen MR) is 119 cm³/mol. The molecule has 9 heteroatoms. The lowest BCUT2D eigenvalue weighted by atomic mass is 10.1. The van der Waals surface area contributed by atoms with E-state index in [4.69, 9.17) is 4.74 Å². The second kappa shape index (κ2) is 9.27. The number of aryl methyl sites for hydroxylation is 1. The van der Waals surface area contributed by atoms with E-state index >= 15 is 0 Å². The molecular formula is C24H25F3N4O2. The number of anilines is 1. The van der Waals surface area contributed by atoms with Gasteiger partial charge in [0.2, 0.25) is 0 Å². The van der Waals surface area contributed by atoms with Gasteiger partial charge in [-0.25, -0.2) is 0 Å². The lowest BCUT2D eigenvalue weighted by Gasteiger charge is -2.21. The molecule has 0 bridgehead atoms. The van der Waals surface area contributed by atoms with Crippen LogP contribution in [0.3, 0.4) is 0 Å². The molecule has 0 spiro atoms. The third kappa shape index (κ3) is 5.19. The molecule has 2 heterocycles. The number of halogens is 3. The van der Waals surface area contributed by atoms with E-state index in [1.165, 1.54) is 12.1 Å². The molecule has 0 aliphatic carbocycles. The van der Waals surface area contributed by atoms with Gasteiger partial charge in [-0.3, -0.25) is 9.48 Å². The number of nitrogens with zero attached hydrogens (tertiary/aromatic N) is 3. The molecule has 1 N–H and O–H groups in total. The molecule has 174 valence electrons. The number of benzene rings is 2. The number of hydrogen-bond donors (Lipinski definition) is 1. The van der Waals surface area contributed by atoms with E-state index in [-0.39, 0.29) is 5.56 Å². The fourth-order valence-electron chi connectivity index (χ4n) is 3.99. The minimum Gasteiger partial charge on any atom is -0.491 e. The normalized spacial score (nSPS) is 16.7. The van der Waals surface area contributed by atoms with Crippen LogP contribution in [-0.4, -0.2) is 46.8 Å². The number of amides is 1. The van der Waals surface area contributed by atoms with Crippen LogP contribution in [0.15, 0.2) is 54.7 Å².